The third kappa shape index (κ3) is 4.85. The number of rotatable bonds is 7. The fourth-order valence-corrected chi connectivity index (χ4v) is 5.74. The summed E-state index contributed by atoms with van der Waals surface area (Å²) in [6.45, 7) is 3.35. The molecule has 1 aromatic carbocycles. The van der Waals surface area contributed by atoms with E-state index in [-0.39, 0.29) is 22.9 Å². The monoisotopic (exact) mass is 420 g/mol. The van der Waals surface area contributed by atoms with Crippen LogP contribution in [0.4, 0.5) is 0 Å². The smallest absolute Gasteiger partial charge is 0.243 e. The number of nitrogens with zero attached hydrogens (tertiary/aromatic N) is 2. The Labute approximate surface area is 159 Å². The predicted octanol–water partition coefficient (Wildman–Crippen LogP) is 1.16. The third-order valence-corrected chi connectivity index (χ3v) is 7.99. The van der Waals surface area contributed by atoms with E-state index in [2.05, 4.69) is 6.58 Å². The van der Waals surface area contributed by atoms with Gasteiger partial charge in [-0.25, -0.2) is 16.8 Å². The molecule has 1 aromatic rings. The van der Waals surface area contributed by atoms with Crippen LogP contribution in [0.1, 0.15) is 6.42 Å². The van der Waals surface area contributed by atoms with Crippen molar-refractivity contribution in [3.63, 3.8) is 0 Å². The first kappa shape index (κ1) is 20.9. The van der Waals surface area contributed by atoms with Crippen molar-refractivity contribution in [1.29, 1.82) is 0 Å². The average molecular weight is 421 g/mol. The van der Waals surface area contributed by atoms with Gasteiger partial charge in [0.2, 0.25) is 15.9 Å². The molecule has 0 N–H and O–H groups in total. The van der Waals surface area contributed by atoms with Crippen molar-refractivity contribution in [2.24, 2.45) is 0 Å². The fourth-order valence-electron chi connectivity index (χ4n) is 2.77. The van der Waals surface area contributed by atoms with E-state index in [0.29, 0.717) is 11.4 Å². The number of hydrogen-bond acceptors (Lipinski definition) is 5. The quantitative estimate of drug-likeness (QED) is 0.617. The Balaban J connectivity index is 2.15. The molecule has 0 spiro atoms. The Morgan fingerprint density at radius 1 is 1.35 bits per heavy atom. The van der Waals surface area contributed by atoms with Crippen LogP contribution in [0.3, 0.4) is 0 Å². The summed E-state index contributed by atoms with van der Waals surface area (Å²) in [7, 11) is -5.73. The average Bonchev–Trinajstić information content (AvgIpc) is 2.92. The van der Waals surface area contributed by atoms with Crippen molar-refractivity contribution < 1.29 is 21.6 Å². The van der Waals surface area contributed by atoms with Gasteiger partial charge in [-0.1, -0.05) is 17.7 Å². The molecule has 1 saturated heterocycles. The van der Waals surface area contributed by atoms with Gasteiger partial charge in [0.15, 0.2) is 9.84 Å². The van der Waals surface area contributed by atoms with Gasteiger partial charge in [-0.15, -0.1) is 6.58 Å². The van der Waals surface area contributed by atoms with Gasteiger partial charge in [0.05, 0.1) is 22.9 Å². The van der Waals surface area contributed by atoms with Crippen LogP contribution in [0.25, 0.3) is 0 Å². The first-order valence-electron chi connectivity index (χ1n) is 7.89. The number of benzene rings is 1. The second-order valence-electron chi connectivity index (χ2n) is 6.11. The minimum atomic E-state index is -3.86. The maximum atomic E-state index is 12.6. The second-order valence-corrected chi connectivity index (χ2v) is 10.8. The van der Waals surface area contributed by atoms with Crippen LogP contribution in [0.2, 0.25) is 5.02 Å². The van der Waals surface area contributed by atoms with Crippen molar-refractivity contribution in [2.45, 2.75) is 17.4 Å². The molecule has 1 aliphatic rings. The van der Waals surface area contributed by atoms with Gasteiger partial charge in [-0.2, -0.15) is 4.31 Å². The van der Waals surface area contributed by atoms with Crippen molar-refractivity contribution >= 4 is 37.4 Å². The van der Waals surface area contributed by atoms with E-state index >= 15 is 0 Å². The molecule has 1 amide bonds. The molecule has 1 fully saturated rings. The molecule has 1 aliphatic heterocycles. The highest BCUT2D eigenvalue weighted by Gasteiger charge is 2.35. The van der Waals surface area contributed by atoms with Crippen LogP contribution in [0, 0.1) is 0 Å². The Morgan fingerprint density at radius 3 is 2.46 bits per heavy atom. The highest BCUT2D eigenvalue weighted by atomic mass is 35.5. The van der Waals surface area contributed by atoms with Gasteiger partial charge in [0.1, 0.15) is 0 Å². The Bertz CT molecular complexity index is 882. The number of likely N-dealkylation sites (N-methyl/N-ethyl adjacent to an activating group) is 1. The molecule has 1 atom stereocenters. The SMILES string of the molecule is C=CCN(C(=O)CN(C)S(=O)(=O)c1ccc(Cl)cc1)C1CCS(=O)(=O)C1. The summed E-state index contributed by atoms with van der Waals surface area (Å²) < 4.78 is 49.5. The second kappa shape index (κ2) is 8.08. The predicted molar refractivity (Wildman–Crippen MR) is 100 cm³/mol. The zero-order valence-electron chi connectivity index (χ0n) is 14.3. The molecule has 0 bridgehead atoms. The number of sulfonamides is 1. The fraction of sp³-hybridized carbons (Fsp3) is 0.438. The van der Waals surface area contributed by atoms with Crippen molar-refractivity contribution in [3.8, 4) is 0 Å². The van der Waals surface area contributed by atoms with Crippen LogP contribution in [-0.2, 0) is 24.7 Å². The lowest BCUT2D eigenvalue weighted by Crippen LogP contribution is -2.46. The maximum absolute atomic E-state index is 12.6. The van der Waals surface area contributed by atoms with Gasteiger partial charge in [0.25, 0.3) is 0 Å². The van der Waals surface area contributed by atoms with Crippen LogP contribution >= 0.6 is 11.6 Å². The Kier molecular flexibility index (Phi) is 6.49. The van der Waals surface area contributed by atoms with Crippen LogP contribution in [0.15, 0.2) is 41.8 Å². The van der Waals surface area contributed by atoms with Crippen LogP contribution in [0.5, 0.6) is 0 Å². The lowest BCUT2D eigenvalue weighted by molar-refractivity contribution is -0.132. The Morgan fingerprint density at radius 2 is 1.96 bits per heavy atom. The number of carbonyl (C=O) groups is 1. The first-order valence-corrected chi connectivity index (χ1v) is 11.5. The molecule has 0 aliphatic carbocycles. The van der Waals surface area contributed by atoms with E-state index in [1.54, 1.807) is 0 Å². The summed E-state index contributed by atoms with van der Waals surface area (Å²) in [5.41, 5.74) is 0. The molecule has 1 unspecified atom stereocenters. The van der Waals surface area contributed by atoms with Crippen molar-refractivity contribution in [2.75, 3.05) is 31.6 Å². The van der Waals surface area contributed by atoms with Gasteiger partial charge < -0.3 is 4.90 Å². The molecule has 26 heavy (non-hydrogen) atoms. The van der Waals surface area contributed by atoms with Gasteiger partial charge in [-0.05, 0) is 30.7 Å². The molecule has 2 rings (SSSR count). The summed E-state index contributed by atoms with van der Waals surface area (Å²) in [5.74, 6) is -0.551. The summed E-state index contributed by atoms with van der Waals surface area (Å²) in [6, 6.07) is 5.18. The zero-order valence-corrected chi connectivity index (χ0v) is 16.7. The standard InChI is InChI=1S/C16H21ClN2O5S2/c1-3-9-19(14-8-10-25(21,22)12-14)16(20)11-18(2)26(23,24)15-6-4-13(17)5-7-15/h3-7,14H,1,8-12H2,2H3. The topological polar surface area (TPSA) is 91.8 Å². The molecule has 144 valence electrons. The lowest BCUT2D eigenvalue weighted by Gasteiger charge is -2.29. The van der Waals surface area contributed by atoms with E-state index in [1.807, 2.05) is 0 Å². The van der Waals surface area contributed by atoms with E-state index < -0.39 is 38.4 Å². The first-order chi connectivity index (χ1) is 12.1. The lowest BCUT2D eigenvalue weighted by atomic mass is 10.2. The molecule has 1 heterocycles. The maximum Gasteiger partial charge on any atom is 0.243 e. The normalized spacial score (nSPS) is 19.4. The summed E-state index contributed by atoms with van der Waals surface area (Å²) in [5, 5.41) is 0.405. The summed E-state index contributed by atoms with van der Waals surface area (Å²) in [6.07, 6.45) is 1.84. The molecule has 0 radical (unpaired) electrons. The van der Waals surface area contributed by atoms with Crippen LogP contribution in [-0.4, -0.2) is 69.6 Å². The Hall–Kier alpha value is -1.42. The van der Waals surface area contributed by atoms with Crippen molar-refractivity contribution in [1.82, 2.24) is 9.21 Å². The van der Waals surface area contributed by atoms with Crippen LogP contribution < -0.4 is 0 Å². The minimum absolute atomic E-state index is 0.0240. The van der Waals surface area contributed by atoms with E-state index in [4.69, 9.17) is 11.6 Å². The largest absolute Gasteiger partial charge is 0.334 e. The third-order valence-electron chi connectivity index (χ3n) is 4.18. The number of halogens is 1. The molecular formula is C16H21ClN2O5S2. The molecule has 0 saturated carbocycles. The molecule has 10 heteroatoms. The summed E-state index contributed by atoms with van der Waals surface area (Å²) >= 11 is 5.77. The van der Waals surface area contributed by atoms with Gasteiger partial charge in [-0.3, -0.25) is 4.79 Å². The number of carbonyl (C=O) groups excluding carboxylic acids is 1. The number of amides is 1. The van der Waals surface area contributed by atoms with Crippen molar-refractivity contribution in [3.05, 3.63) is 41.9 Å². The summed E-state index contributed by atoms with van der Waals surface area (Å²) in [4.78, 5) is 14.0. The minimum Gasteiger partial charge on any atom is -0.334 e. The highest BCUT2D eigenvalue weighted by Crippen LogP contribution is 2.20. The van der Waals surface area contributed by atoms with E-state index in [1.165, 1.54) is 42.3 Å². The van der Waals surface area contributed by atoms with E-state index in [0.717, 1.165) is 4.31 Å². The molecular weight excluding hydrogens is 400 g/mol. The van der Waals surface area contributed by atoms with Gasteiger partial charge >= 0.3 is 0 Å². The zero-order chi connectivity index (χ0) is 19.5. The number of hydrogen-bond donors (Lipinski definition) is 0. The van der Waals surface area contributed by atoms with Gasteiger partial charge in [0, 0.05) is 24.7 Å². The molecule has 0 aromatic heterocycles. The van der Waals surface area contributed by atoms with E-state index in [9.17, 15) is 21.6 Å². The number of sulfone groups is 1. The molecule has 7 nitrogen and oxygen atoms in total. The highest BCUT2D eigenvalue weighted by molar-refractivity contribution is 7.91.